The molecule has 0 fully saturated rings. The van der Waals surface area contributed by atoms with Gasteiger partial charge in [-0.05, 0) is 74.6 Å². The van der Waals surface area contributed by atoms with Crippen LogP contribution in [0.1, 0.15) is 45.1 Å². The molecular weight excluding hydrogens is 398 g/mol. The van der Waals surface area contributed by atoms with Crippen molar-refractivity contribution < 1.29 is 18.7 Å². The highest BCUT2D eigenvalue weighted by atomic mass is 32.2. The lowest BCUT2D eigenvalue weighted by molar-refractivity contribution is -0.139. The Morgan fingerprint density at radius 2 is 1.97 bits per heavy atom. The highest BCUT2D eigenvalue weighted by Crippen LogP contribution is 2.27. The average Bonchev–Trinajstić information content (AvgIpc) is 3.47. The quantitative estimate of drug-likeness (QED) is 0.297. The number of ketones is 1. The van der Waals surface area contributed by atoms with Gasteiger partial charge in [-0.15, -0.1) is 11.8 Å². The number of esters is 1. The van der Waals surface area contributed by atoms with Gasteiger partial charge in [0, 0.05) is 21.8 Å². The summed E-state index contributed by atoms with van der Waals surface area (Å²) in [4.78, 5) is 25.8. The fraction of sp³-hybridized carbons (Fsp3) is 0.333. The van der Waals surface area contributed by atoms with E-state index in [0.717, 1.165) is 34.9 Å². The van der Waals surface area contributed by atoms with Gasteiger partial charge in [0.1, 0.15) is 5.76 Å². The molecule has 4 rings (SSSR count). The Labute approximate surface area is 180 Å². The lowest BCUT2D eigenvalue weighted by Gasteiger charge is -2.08. The van der Waals surface area contributed by atoms with E-state index < -0.39 is 0 Å². The Morgan fingerprint density at radius 3 is 2.77 bits per heavy atom. The molecule has 0 spiro atoms. The zero-order valence-electron chi connectivity index (χ0n) is 17.3. The second kappa shape index (κ2) is 8.96. The molecule has 0 aliphatic heterocycles. The van der Waals surface area contributed by atoms with Gasteiger partial charge in [0.2, 0.25) is 5.78 Å². The van der Waals surface area contributed by atoms with Crippen LogP contribution in [0.25, 0.3) is 0 Å². The highest BCUT2D eigenvalue weighted by Gasteiger charge is 2.18. The van der Waals surface area contributed by atoms with Crippen LogP contribution in [0.2, 0.25) is 0 Å². The predicted molar refractivity (Wildman–Crippen MR) is 116 cm³/mol. The van der Waals surface area contributed by atoms with E-state index >= 15 is 0 Å². The van der Waals surface area contributed by atoms with Crippen molar-refractivity contribution in [3.63, 3.8) is 0 Å². The predicted octanol–water partition coefficient (Wildman–Crippen LogP) is 4.75. The maximum absolute atomic E-state index is 12.6. The van der Waals surface area contributed by atoms with Crippen LogP contribution in [0.4, 0.5) is 0 Å². The molecule has 0 saturated carbocycles. The van der Waals surface area contributed by atoms with Crippen molar-refractivity contribution >= 4 is 23.5 Å². The van der Waals surface area contributed by atoms with Crippen molar-refractivity contribution in [3.05, 3.63) is 76.5 Å². The molecule has 2 heterocycles. The Bertz CT molecular complexity index is 1070. The zero-order chi connectivity index (χ0) is 21.1. The molecule has 0 unspecified atom stereocenters. The van der Waals surface area contributed by atoms with Crippen molar-refractivity contribution in [1.82, 2.24) is 4.57 Å². The number of benzene rings is 1. The molecule has 0 amide bonds. The van der Waals surface area contributed by atoms with Crippen LogP contribution in [-0.4, -0.2) is 28.7 Å². The van der Waals surface area contributed by atoms with Gasteiger partial charge in [-0.1, -0.05) is 6.07 Å². The minimum absolute atomic E-state index is 0.190. The first-order valence-electron chi connectivity index (χ1n) is 10.1. The number of thioether (sulfide) groups is 1. The van der Waals surface area contributed by atoms with Crippen molar-refractivity contribution in [2.24, 2.45) is 0 Å². The van der Waals surface area contributed by atoms with Crippen molar-refractivity contribution in [1.29, 1.82) is 0 Å². The summed E-state index contributed by atoms with van der Waals surface area (Å²) in [5, 5.41) is 0. The van der Waals surface area contributed by atoms with Gasteiger partial charge < -0.3 is 13.7 Å². The summed E-state index contributed by atoms with van der Waals surface area (Å²) in [6.45, 7) is 4.17. The average molecular weight is 424 g/mol. The Balaban J connectivity index is 1.30. The number of Topliss-reactive ketones (excluding diaryl/α,β-unsaturated/α-hetero) is 1. The van der Waals surface area contributed by atoms with E-state index in [1.54, 1.807) is 6.26 Å². The molecular formula is C24H25NO4S. The number of fused-ring (bicyclic) bond motifs is 1. The third kappa shape index (κ3) is 4.54. The molecule has 1 aliphatic rings. The van der Waals surface area contributed by atoms with Gasteiger partial charge in [0.15, 0.2) is 6.61 Å². The summed E-state index contributed by atoms with van der Waals surface area (Å²) in [6.07, 6.45) is 5.10. The minimum Gasteiger partial charge on any atom is -0.467 e. The lowest BCUT2D eigenvalue weighted by Crippen LogP contribution is -2.16. The molecule has 1 aliphatic carbocycles. The Kier molecular flexibility index (Phi) is 6.13. The van der Waals surface area contributed by atoms with Gasteiger partial charge in [-0.25, -0.2) is 0 Å². The number of carbonyl (C=O) groups is 2. The second-order valence-corrected chi connectivity index (χ2v) is 8.66. The number of carbonyl (C=O) groups excluding carboxylic acids is 2. The summed E-state index contributed by atoms with van der Waals surface area (Å²) >= 11 is 1.45. The van der Waals surface area contributed by atoms with Gasteiger partial charge in [0.05, 0.1) is 18.6 Å². The summed E-state index contributed by atoms with van der Waals surface area (Å²) in [6, 6.07) is 12.0. The van der Waals surface area contributed by atoms with E-state index in [-0.39, 0.29) is 24.1 Å². The third-order valence-corrected chi connectivity index (χ3v) is 6.53. The normalized spacial score (nSPS) is 12.7. The molecule has 0 bridgehead atoms. The van der Waals surface area contributed by atoms with Crippen LogP contribution in [0.15, 0.2) is 52.0 Å². The molecule has 5 nitrogen and oxygen atoms in total. The third-order valence-electron chi connectivity index (χ3n) is 5.56. The van der Waals surface area contributed by atoms with Crippen LogP contribution in [0, 0.1) is 13.8 Å². The topological polar surface area (TPSA) is 61.4 Å². The molecule has 0 atom stereocenters. The molecule has 1 aromatic carbocycles. The number of nitrogens with zero attached hydrogens (tertiary/aromatic N) is 1. The number of ether oxygens (including phenoxy) is 1. The maximum atomic E-state index is 12.6. The molecule has 3 aromatic rings. The number of hydrogen-bond donors (Lipinski definition) is 0. The van der Waals surface area contributed by atoms with Crippen molar-refractivity contribution in [3.8, 4) is 0 Å². The summed E-state index contributed by atoms with van der Waals surface area (Å²) < 4.78 is 12.7. The number of hydrogen-bond acceptors (Lipinski definition) is 5. The molecule has 0 saturated heterocycles. The van der Waals surface area contributed by atoms with Gasteiger partial charge in [-0.3, -0.25) is 9.59 Å². The zero-order valence-corrected chi connectivity index (χ0v) is 18.1. The number of aromatic nitrogens is 1. The number of furan rings is 1. The second-order valence-electron chi connectivity index (χ2n) is 7.61. The molecule has 6 heteroatoms. The fourth-order valence-electron chi connectivity index (χ4n) is 3.93. The van der Waals surface area contributed by atoms with Crippen LogP contribution in [0.3, 0.4) is 0 Å². The number of rotatable bonds is 8. The highest BCUT2D eigenvalue weighted by molar-refractivity contribution is 8.00. The Morgan fingerprint density at radius 1 is 1.13 bits per heavy atom. The molecule has 0 N–H and O–H groups in total. The van der Waals surface area contributed by atoms with Crippen LogP contribution in [0.5, 0.6) is 0 Å². The van der Waals surface area contributed by atoms with Crippen molar-refractivity contribution in [2.75, 3.05) is 12.4 Å². The first-order valence-corrected chi connectivity index (χ1v) is 11.1. The summed E-state index contributed by atoms with van der Waals surface area (Å²) in [7, 11) is 0. The Hall–Kier alpha value is -2.73. The maximum Gasteiger partial charge on any atom is 0.316 e. The standard InChI is InChI=1S/C24H25NO4S/c1-16-11-22(17(2)25(16)13-20-7-4-10-28-20)23(26)14-29-24(27)15-30-21-9-8-18-5-3-6-19(18)12-21/h4,7-12H,3,5-6,13-15H2,1-2H3. The van der Waals surface area contributed by atoms with Crippen LogP contribution >= 0.6 is 11.8 Å². The fourth-order valence-corrected chi connectivity index (χ4v) is 4.69. The minimum atomic E-state index is -0.377. The van der Waals surface area contributed by atoms with E-state index in [1.807, 2.05) is 36.6 Å². The van der Waals surface area contributed by atoms with E-state index in [0.29, 0.717) is 12.1 Å². The number of aryl methyl sites for hydroxylation is 3. The van der Waals surface area contributed by atoms with Crippen molar-refractivity contribution in [2.45, 2.75) is 44.6 Å². The van der Waals surface area contributed by atoms with Gasteiger partial charge in [0.25, 0.3) is 0 Å². The largest absolute Gasteiger partial charge is 0.467 e. The van der Waals surface area contributed by atoms with E-state index in [9.17, 15) is 9.59 Å². The molecule has 156 valence electrons. The summed E-state index contributed by atoms with van der Waals surface area (Å²) in [5.74, 6) is 0.456. The van der Waals surface area contributed by atoms with E-state index in [4.69, 9.17) is 9.15 Å². The first-order chi connectivity index (χ1) is 14.5. The SMILES string of the molecule is Cc1cc(C(=O)COC(=O)CSc2ccc3c(c2)CCC3)c(C)n1Cc1ccco1. The first kappa shape index (κ1) is 20.5. The van der Waals surface area contributed by atoms with Crippen LogP contribution < -0.4 is 0 Å². The molecule has 2 aromatic heterocycles. The summed E-state index contributed by atoms with van der Waals surface area (Å²) in [5.41, 5.74) is 5.19. The van der Waals surface area contributed by atoms with E-state index in [2.05, 4.69) is 18.2 Å². The van der Waals surface area contributed by atoms with Gasteiger partial charge >= 0.3 is 5.97 Å². The lowest BCUT2D eigenvalue weighted by atomic mass is 10.1. The van der Waals surface area contributed by atoms with Gasteiger partial charge in [-0.2, -0.15) is 0 Å². The van der Waals surface area contributed by atoms with Crippen LogP contribution in [-0.2, 0) is 28.9 Å². The smallest absolute Gasteiger partial charge is 0.316 e. The molecule has 0 radical (unpaired) electrons. The van der Waals surface area contributed by atoms with E-state index in [1.165, 1.54) is 29.3 Å². The monoisotopic (exact) mass is 423 g/mol. The molecule has 30 heavy (non-hydrogen) atoms.